The van der Waals surface area contributed by atoms with Crippen molar-refractivity contribution in [1.82, 2.24) is 10.2 Å². The summed E-state index contributed by atoms with van der Waals surface area (Å²) >= 11 is 6.30. The number of rotatable bonds is 2. The molecule has 3 nitrogen and oxygen atoms in total. The summed E-state index contributed by atoms with van der Waals surface area (Å²) in [7, 11) is 0. The number of morpholine rings is 1. The Balaban J connectivity index is 1.93. The summed E-state index contributed by atoms with van der Waals surface area (Å²) in [5.41, 5.74) is 4.22. The topological polar surface area (TPSA) is 24.5 Å². The Morgan fingerprint density at radius 2 is 2.37 bits per heavy atom. The molecule has 1 saturated heterocycles. The van der Waals surface area contributed by atoms with Gasteiger partial charge in [-0.3, -0.25) is 4.90 Å². The fourth-order valence-electron chi connectivity index (χ4n) is 3.10. The largest absolute Gasteiger partial charge is 0.378 e. The first-order chi connectivity index (χ1) is 9.28. The van der Waals surface area contributed by atoms with E-state index in [1.54, 1.807) is 0 Å². The van der Waals surface area contributed by atoms with E-state index >= 15 is 0 Å². The van der Waals surface area contributed by atoms with E-state index in [1.165, 1.54) is 16.7 Å². The third kappa shape index (κ3) is 2.79. The van der Waals surface area contributed by atoms with Gasteiger partial charge >= 0.3 is 0 Å². The maximum atomic E-state index is 6.30. The monoisotopic (exact) mass is 280 g/mol. The number of hydrogen-bond acceptors (Lipinski definition) is 3. The van der Waals surface area contributed by atoms with Crippen LogP contribution >= 0.6 is 11.6 Å². The van der Waals surface area contributed by atoms with Gasteiger partial charge in [0.2, 0.25) is 0 Å². The predicted molar refractivity (Wildman–Crippen MR) is 77.7 cm³/mol. The Labute approximate surface area is 119 Å². The fraction of sp³-hybridized carbons (Fsp3) is 0.600. The molecule has 1 fully saturated rings. The van der Waals surface area contributed by atoms with Crippen molar-refractivity contribution in [3.05, 3.63) is 33.8 Å². The van der Waals surface area contributed by atoms with E-state index < -0.39 is 0 Å². The van der Waals surface area contributed by atoms with E-state index in [0.717, 1.165) is 50.8 Å². The first-order valence-corrected chi connectivity index (χ1v) is 7.50. The lowest BCUT2D eigenvalue weighted by Crippen LogP contribution is -2.37. The summed E-state index contributed by atoms with van der Waals surface area (Å²) in [5.74, 6) is 0. The Kier molecular flexibility index (Phi) is 4.08. The van der Waals surface area contributed by atoms with Crippen molar-refractivity contribution < 1.29 is 4.74 Å². The Hall–Kier alpha value is -0.610. The number of benzene rings is 1. The molecule has 4 heteroatoms. The van der Waals surface area contributed by atoms with E-state index in [-0.39, 0.29) is 0 Å². The summed E-state index contributed by atoms with van der Waals surface area (Å²) < 4.78 is 5.59. The number of halogens is 1. The lowest BCUT2D eigenvalue weighted by atomic mass is 9.90. The van der Waals surface area contributed by atoms with Crippen LogP contribution in [-0.2, 0) is 17.7 Å². The zero-order chi connectivity index (χ0) is 13.2. The molecule has 0 bridgehead atoms. The van der Waals surface area contributed by atoms with E-state index in [2.05, 4.69) is 29.3 Å². The zero-order valence-electron chi connectivity index (χ0n) is 11.4. The molecule has 0 aromatic heterocycles. The molecule has 19 heavy (non-hydrogen) atoms. The van der Waals surface area contributed by atoms with E-state index in [1.807, 2.05) is 0 Å². The molecule has 0 aliphatic carbocycles. The summed E-state index contributed by atoms with van der Waals surface area (Å²) in [6.45, 7) is 7.97. The van der Waals surface area contributed by atoms with E-state index in [4.69, 9.17) is 16.3 Å². The molecule has 2 aliphatic rings. The van der Waals surface area contributed by atoms with Gasteiger partial charge in [-0.2, -0.15) is 0 Å². The highest BCUT2D eigenvalue weighted by Gasteiger charge is 2.24. The normalized spacial score (nSPS) is 24.2. The van der Waals surface area contributed by atoms with Gasteiger partial charge in [-0.1, -0.05) is 18.5 Å². The predicted octanol–water partition coefficient (Wildman–Crippen LogP) is 2.38. The van der Waals surface area contributed by atoms with Crippen molar-refractivity contribution >= 4 is 11.6 Å². The van der Waals surface area contributed by atoms with Gasteiger partial charge in [0, 0.05) is 24.7 Å². The second-order valence-electron chi connectivity index (χ2n) is 5.33. The highest BCUT2D eigenvalue weighted by molar-refractivity contribution is 6.30. The number of fused-ring (bicyclic) bond motifs is 1. The van der Waals surface area contributed by atoms with Crippen molar-refractivity contribution in [2.75, 3.05) is 32.8 Å². The molecule has 0 spiro atoms. The quantitative estimate of drug-likeness (QED) is 0.900. The van der Waals surface area contributed by atoms with Gasteiger partial charge in [-0.25, -0.2) is 0 Å². The maximum absolute atomic E-state index is 6.30. The SMILES string of the molecule is CCN1CCc2c(cc(Cl)cc2C2COCCN2)C1. The maximum Gasteiger partial charge on any atom is 0.0662 e. The highest BCUT2D eigenvalue weighted by Crippen LogP contribution is 2.31. The number of nitrogens with one attached hydrogen (secondary N) is 1. The Morgan fingerprint density at radius 3 is 3.11 bits per heavy atom. The van der Waals surface area contributed by atoms with Gasteiger partial charge in [0.15, 0.2) is 0 Å². The summed E-state index contributed by atoms with van der Waals surface area (Å²) in [6.07, 6.45) is 1.12. The Morgan fingerprint density at radius 1 is 1.47 bits per heavy atom. The average molecular weight is 281 g/mol. The molecular weight excluding hydrogens is 260 g/mol. The van der Waals surface area contributed by atoms with Crippen LogP contribution in [0.15, 0.2) is 12.1 Å². The smallest absolute Gasteiger partial charge is 0.0662 e. The minimum Gasteiger partial charge on any atom is -0.378 e. The molecule has 0 saturated carbocycles. The summed E-state index contributed by atoms with van der Waals surface area (Å²) in [6, 6.07) is 4.55. The van der Waals surface area contributed by atoms with Gasteiger partial charge in [0.1, 0.15) is 0 Å². The zero-order valence-corrected chi connectivity index (χ0v) is 12.2. The van der Waals surface area contributed by atoms with E-state index in [0.29, 0.717) is 6.04 Å². The first-order valence-electron chi connectivity index (χ1n) is 7.12. The molecule has 1 aromatic rings. The van der Waals surface area contributed by atoms with Crippen molar-refractivity contribution in [2.45, 2.75) is 25.9 Å². The minimum atomic E-state index is 0.300. The third-order valence-electron chi connectivity index (χ3n) is 4.16. The molecule has 0 amide bonds. The van der Waals surface area contributed by atoms with E-state index in [9.17, 15) is 0 Å². The Bertz CT molecular complexity index is 458. The van der Waals surface area contributed by atoms with Gasteiger partial charge in [0.05, 0.1) is 19.3 Å². The summed E-state index contributed by atoms with van der Waals surface area (Å²) in [4.78, 5) is 2.47. The molecule has 3 rings (SSSR count). The number of ether oxygens (including phenoxy) is 1. The molecule has 2 aliphatic heterocycles. The second-order valence-corrected chi connectivity index (χ2v) is 5.77. The van der Waals surface area contributed by atoms with Crippen molar-refractivity contribution in [1.29, 1.82) is 0 Å². The van der Waals surface area contributed by atoms with Gasteiger partial charge in [-0.15, -0.1) is 0 Å². The van der Waals surface area contributed by atoms with Gasteiger partial charge in [0.25, 0.3) is 0 Å². The van der Waals surface area contributed by atoms with Crippen molar-refractivity contribution in [3.63, 3.8) is 0 Å². The lowest BCUT2D eigenvalue weighted by Gasteiger charge is -2.32. The highest BCUT2D eigenvalue weighted by atomic mass is 35.5. The van der Waals surface area contributed by atoms with Crippen LogP contribution in [0, 0.1) is 0 Å². The number of hydrogen-bond donors (Lipinski definition) is 1. The molecular formula is C15H21ClN2O. The fourth-order valence-corrected chi connectivity index (χ4v) is 3.35. The molecule has 0 radical (unpaired) electrons. The molecule has 1 N–H and O–H groups in total. The van der Waals surface area contributed by atoms with Crippen LogP contribution in [0.2, 0.25) is 5.02 Å². The standard InChI is InChI=1S/C15H21ClN2O/c1-2-18-5-3-13-11(9-18)7-12(16)8-14(13)15-10-19-6-4-17-15/h7-8,15,17H,2-6,9-10H2,1H3. The summed E-state index contributed by atoms with van der Waals surface area (Å²) in [5, 5.41) is 4.39. The minimum absolute atomic E-state index is 0.300. The van der Waals surface area contributed by atoms with Gasteiger partial charge < -0.3 is 10.1 Å². The van der Waals surface area contributed by atoms with Crippen LogP contribution < -0.4 is 5.32 Å². The molecule has 1 aromatic carbocycles. The lowest BCUT2D eigenvalue weighted by molar-refractivity contribution is 0.0764. The van der Waals surface area contributed by atoms with Crippen LogP contribution in [0.5, 0.6) is 0 Å². The van der Waals surface area contributed by atoms with Crippen LogP contribution in [0.1, 0.15) is 29.7 Å². The average Bonchev–Trinajstić information content (AvgIpc) is 2.46. The molecule has 104 valence electrons. The van der Waals surface area contributed by atoms with Crippen LogP contribution in [-0.4, -0.2) is 37.7 Å². The molecule has 1 unspecified atom stereocenters. The molecule has 2 heterocycles. The van der Waals surface area contributed by atoms with Crippen LogP contribution in [0.25, 0.3) is 0 Å². The van der Waals surface area contributed by atoms with Gasteiger partial charge in [-0.05, 0) is 41.8 Å². The van der Waals surface area contributed by atoms with Crippen LogP contribution in [0.4, 0.5) is 0 Å². The van der Waals surface area contributed by atoms with Crippen molar-refractivity contribution in [3.8, 4) is 0 Å². The third-order valence-corrected chi connectivity index (χ3v) is 4.38. The first kappa shape index (κ1) is 13.4. The van der Waals surface area contributed by atoms with Crippen molar-refractivity contribution in [2.24, 2.45) is 0 Å². The van der Waals surface area contributed by atoms with Crippen LogP contribution in [0.3, 0.4) is 0 Å². The number of likely N-dealkylation sites (N-methyl/N-ethyl adjacent to an activating group) is 1. The number of nitrogens with zero attached hydrogens (tertiary/aromatic N) is 1. The second kappa shape index (κ2) is 5.80. The molecule has 1 atom stereocenters.